The standard InChI is InChI=1S/C18H15NO2/c1-13-6-2-4-8-16(13)19-18(20)11-10-15-12-14-7-3-5-9-17(14)21-15/h2-12H,1H3,(H,19,20)/b11-10+. The lowest BCUT2D eigenvalue weighted by atomic mass is 10.2. The van der Waals surface area contributed by atoms with Crippen LogP contribution in [0.25, 0.3) is 17.0 Å². The minimum absolute atomic E-state index is 0.176. The molecule has 0 saturated heterocycles. The van der Waals surface area contributed by atoms with Gasteiger partial charge in [0.15, 0.2) is 0 Å². The Hall–Kier alpha value is -2.81. The van der Waals surface area contributed by atoms with Crippen LogP contribution in [0, 0.1) is 6.92 Å². The van der Waals surface area contributed by atoms with Crippen LogP contribution in [0.1, 0.15) is 11.3 Å². The maximum absolute atomic E-state index is 11.9. The van der Waals surface area contributed by atoms with Crippen molar-refractivity contribution in [1.82, 2.24) is 0 Å². The highest BCUT2D eigenvalue weighted by Gasteiger charge is 2.02. The number of amides is 1. The molecule has 3 heteroatoms. The molecule has 0 aliphatic carbocycles. The van der Waals surface area contributed by atoms with Crippen molar-refractivity contribution in [3.05, 3.63) is 72.0 Å². The SMILES string of the molecule is Cc1ccccc1NC(=O)/C=C/c1cc2ccccc2o1. The zero-order valence-electron chi connectivity index (χ0n) is 11.7. The van der Waals surface area contributed by atoms with E-state index in [4.69, 9.17) is 4.42 Å². The number of aryl methyl sites for hydroxylation is 1. The lowest BCUT2D eigenvalue weighted by Crippen LogP contribution is -2.08. The Kier molecular flexibility index (Phi) is 3.56. The highest BCUT2D eigenvalue weighted by atomic mass is 16.3. The maximum Gasteiger partial charge on any atom is 0.248 e. The summed E-state index contributed by atoms with van der Waals surface area (Å²) < 4.78 is 5.63. The van der Waals surface area contributed by atoms with Crippen LogP contribution in [-0.4, -0.2) is 5.91 Å². The van der Waals surface area contributed by atoms with Crippen molar-refractivity contribution in [3.63, 3.8) is 0 Å². The third-order valence-corrected chi connectivity index (χ3v) is 3.25. The first-order valence-corrected chi connectivity index (χ1v) is 6.76. The van der Waals surface area contributed by atoms with E-state index in [0.717, 1.165) is 22.2 Å². The molecule has 0 bridgehead atoms. The van der Waals surface area contributed by atoms with E-state index < -0.39 is 0 Å². The lowest BCUT2D eigenvalue weighted by molar-refractivity contribution is -0.111. The fourth-order valence-corrected chi connectivity index (χ4v) is 2.13. The molecule has 0 atom stereocenters. The van der Waals surface area contributed by atoms with Gasteiger partial charge in [-0.05, 0) is 36.8 Å². The Labute approximate surface area is 122 Å². The predicted octanol–water partition coefficient (Wildman–Crippen LogP) is 4.39. The van der Waals surface area contributed by atoms with Crippen molar-refractivity contribution < 1.29 is 9.21 Å². The largest absolute Gasteiger partial charge is 0.457 e. The summed E-state index contributed by atoms with van der Waals surface area (Å²) in [6.45, 7) is 1.96. The molecule has 1 aromatic heterocycles. The molecule has 0 aliphatic rings. The number of para-hydroxylation sites is 2. The van der Waals surface area contributed by atoms with Crippen LogP contribution in [0.3, 0.4) is 0 Å². The normalized spacial score (nSPS) is 11.1. The number of nitrogens with one attached hydrogen (secondary N) is 1. The minimum atomic E-state index is -0.176. The summed E-state index contributed by atoms with van der Waals surface area (Å²) >= 11 is 0. The van der Waals surface area contributed by atoms with Gasteiger partial charge in [-0.25, -0.2) is 0 Å². The Morgan fingerprint density at radius 1 is 1.10 bits per heavy atom. The van der Waals surface area contributed by atoms with Gasteiger partial charge < -0.3 is 9.73 Å². The second-order valence-electron chi connectivity index (χ2n) is 4.82. The number of benzene rings is 2. The van der Waals surface area contributed by atoms with Gasteiger partial charge in [-0.2, -0.15) is 0 Å². The van der Waals surface area contributed by atoms with Crippen LogP contribution >= 0.6 is 0 Å². The molecule has 1 amide bonds. The smallest absolute Gasteiger partial charge is 0.248 e. The molecule has 0 aliphatic heterocycles. The van der Waals surface area contributed by atoms with Gasteiger partial charge in [0.2, 0.25) is 5.91 Å². The highest BCUT2D eigenvalue weighted by molar-refractivity contribution is 6.02. The van der Waals surface area contributed by atoms with Gasteiger partial charge in [-0.1, -0.05) is 36.4 Å². The van der Waals surface area contributed by atoms with Crippen molar-refractivity contribution in [3.8, 4) is 0 Å². The number of rotatable bonds is 3. The average molecular weight is 277 g/mol. The number of anilines is 1. The predicted molar refractivity (Wildman–Crippen MR) is 85.1 cm³/mol. The molecule has 0 unspecified atom stereocenters. The minimum Gasteiger partial charge on any atom is -0.457 e. The van der Waals surface area contributed by atoms with Crippen LogP contribution in [-0.2, 0) is 4.79 Å². The van der Waals surface area contributed by atoms with Gasteiger partial charge in [0.25, 0.3) is 0 Å². The van der Waals surface area contributed by atoms with Crippen LogP contribution in [0.2, 0.25) is 0 Å². The third-order valence-electron chi connectivity index (χ3n) is 3.25. The monoisotopic (exact) mass is 277 g/mol. The number of furan rings is 1. The summed E-state index contributed by atoms with van der Waals surface area (Å²) in [5.74, 6) is 0.487. The van der Waals surface area contributed by atoms with Crippen molar-refractivity contribution >= 4 is 28.6 Å². The first kappa shape index (κ1) is 13.2. The second-order valence-corrected chi connectivity index (χ2v) is 4.82. The van der Waals surface area contributed by atoms with Gasteiger partial charge in [0.1, 0.15) is 11.3 Å². The summed E-state index contributed by atoms with van der Waals surface area (Å²) in [6, 6.07) is 17.3. The van der Waals surface area contributed by atoms with Gasteiger partial charge in [-0.15, -0.1) is 0 Å². The van der Waals surface area contributed by atoms with Crippen molar-refractivity contribution in [2.24, 2.45) is 0 Å². The molecule has 0 spiro atoms. The molecule has 3 nitrogen and oxygen atoms in total. The van der Waals surface area contributed by atoms with E-state index in [1.807, 2.05) is 61.5 Å². The number of hydrogen-bond donors (Lipinski definition) is 1. The Balaban J connectivity index is 1.73. The van der Waals surface area contributed by atoms with Crippen molar-refractivity contribution in [2.75, 3.05) is 5.32 Å². The Morgan fingerprint density at radius 2 is 1.86 bits per heavy atom. The zero-order valence-corrected chi connectivity index (χ0v) is 11.7. The fourth-order valence-electron chi connectivity index (χ4n) is 2.13. The third kappa shape index (κ3) is 3.03. The fraction of sp³-hybridized carbons (Fsp3) is 0.0556. The van der Waals surface area contributed by atoms with Gasteiger partial charge in [0.05, 0.1) is 0 Å². The van der Waals surface area contributed by atoms with E-state index >= 15 is 0 Å². The number of hydrogen-bond acceptors (Lipinski definition) is 2. The number of carbonyl (C=O) groups is 1. The van der Waals surface area contributed by atoms with Gasteiger partial charge >= 0.3 is 0 Å². The first-order valence-electron chi connectivity index (χ1n) is 6.76. The van der Waals surface area contributed by atoms with E-state index in [9.17, 15) is 4.79 Å². The topological polar surface area (TPSA) is 42.2 Å². The van der Waals surface area contributed by atoms with Crippen molar-refractivity contribution in [1.29, 1.82) is 0 Å². The summed E-state index contributed by atoms with van der Waals surface area (Å²) in [4.78, 5) is 11.9. The van der Waals surface area contributed by atoms with Crippen LogP contribution in [0.4, 0.5) is 5.69 Å². The number of fused-ring (bicyclic) bond motifs is 1. The van der Waals surface area contributed by atoms with E-state index in [0.29, 0.717) is 5.76 Å². The van der Waals surface area contributed by atoms with E-state index in [-0.39, 0.29) is 5.91 Å². The molecule has 0 fully saturated rings. The van der Waals surface area contributed by atoms with Crippen LogP contribution in [0.5, 0.6) is 0 Å². The van der Waals surface area contributed by atoms with Gasteiger partial charge in [-0.3, -0.25) is 4.79 Å². The summed E-state index contributed by atoms with van der Waals surface area (Å²) in [5.41, 5.74) is 2.66. The van der Waals surface area contributed by atoms with Crippen LogP contribution < -0.4 is 5.32 Å². The molecule has 3 aromatic rings. The van der Waals surface area contributed by atoms with Gasteiger partial charge in [0, 0.05) is 17.1 Å². The Bertz CT molecular complexity index is 782. The van der Waals surface area contributed by atoms with Crippen molar-refractivity contribution in [2.45, 2.75) is 6.92 Å². The summed E-state index contributed by atoms with van der Waals surface area (Å²) in [6.07, 6.45) is 3.15. The molecule has 104 valence electrons. The summed E-state index contributed by atoms with van der Waals surface area (Å²) in [5, 5.41) is 3.87. The molecule has 0 saturated carbocycles. The first-order chi connectivity index (χ1) is 10.2. The van der Waals surface area contributed by atoms with E-state index in [2.05, 4.69) is 5.32 Å². The maximum atomic E-state index is 11.9. The number of carbonyl (C=O) groups excluding carboxylic acids is 1. The molecule has 21 heavy (non-hydrogen) atoms. The molecule has 1 N–H and O–H groups in total. The second kappa shape index (κ2) is 5.67. The van der Waals surface area contributed by atoms with E-state index in [1.54, 1.807) is 6.08 Å². The molecule has 2 aromatic carbocycles. The molecule has 3 rings (SSSR count). The lowest BCUT2D eigenvalue weighted by Gasteiger charge is -2.04. The zero-order chi connectivity index (χ0) is 14.7. The van der Waals surface area contributed by atoms with Crippen LogP contribution in [0.15, 0.2) is 65.1 Å². The molecular weight excluding hydrogens is 262 g/mol. The van der Waals surface area contributed by atoms with E-state index in [1.165, 1.54) is 6.08 Å². The molecule has 1 heterocycles. The molecule has 0 radical (unpaired) electrons. The molecular formula is C18H15NO2. The average Bonchev–Trinajstić information content (AvgIpc) is 2.90. The quantitative estimate of drug-likeness (QED) is 0.721. The highest BCUT2D eigenvalue weighted by Crippen LogP contribution is 2.19. The Morgan fingerprint density at radius 3 is 2.67 bits per heavy atom. The summed E-state index contributed by atoms with van der Waals surface area (Å²) in [7, 11) is 0.